The fraction of sp³-hybridized carbons (Fsp3) is 0.250. The third-order valence-electron chi connectivity index (χ3n) is 4.84. The van der Waals surface area contributed by atoms with Crippen LogP contribution in [0.4, 0.5) is 4.39 Å². The molecule has 0 atom stereocenters. The predicted octanol–water partition coefficient (Wildman–Crippen LogP) is 3.92. The van der Waals surface area contributed by atoms with Gasteiger partial charge in [-0.05, 0) is 48.2 Å². The average Bonchev–Trinajstić information content (AvgIpc) is 2.79. The summed E-state index contributed by atoms with van der Waals surface area (Å²) < 4.78 is 19.1. The van der Waals surface area contributed by atoms with E-state index in [1.807, 2.05) is 13.0 Å². The van der Waals surface area contributed by atoms with E-state index in [9.17, 15) is 14.0 Å². The number of carbonyl (C=O) groups excluding carboxylic acids is 2. The SMILES string of the molecule is CCCCOc1c(C=O)cc(C(=N)NNC(C)=O)c2cc(Cc3ccc(F)cc3)cnc12. The number of rotatable bonds is 8. The number of hydrogen-bond acceptors (Lipinski definition) is 5. The zero-order valence-corrected chi connectivity index (χ0v) is 18.0. The van der Waals surface area contributed by atoms with E-state index in [4.69, 9.17) is 10.1 Å². The molecule has 0 aliphatic heterocycles. The molecular formula is C24H25FN4O3. The van der Waals surface area contributed by atoms with Gasteiger partial charge in [-0.25, -0.2) is 4.39 Å². The quantitative estimate of drug-likeness (QED) is 0.163. The summed E-state index contributed by atoms with van der Waals surface area (Å²) in [6.07, 6.45) is 4.62. The van der Waals surface area contributed by atoms with Crippen molar-refractivity contribution in [2.75, 3.05) is 6.61 Å². The number of fused-ring (bicyclic) bond motifs is 1. The first kappa shape index (κ1) is 22.9. The molecule has 166 valence electrons. The van der Waals surface area contributed by atoms with Crippen LogP contribution in [0.3, 0.4) is 0 Å². The van der Waals surface area contributed by atoms with Gasteiger partial charge in [-0.2, -0.15) is 0 Å². The van der Waals surface area contributed by atoms with Crippen LogP contribution in [-0.4, -0.2) is 29.6 Å². The number of amides is 1. The molecule has 0 bridgehead atoms. The molecule has 0 spiro atoms. The second kappa shape index (κ2) is 10.5. The number of aromatic nitrogens is 1. The van der Waals surface area contributed by atoms with Crippen molar-refractivity contribution in [3.63, 3.8) is 0 Å². The molecule has 1 heterocycles. The Labute approximate surface area is 185 Å². The van der Waals surface area contributed by atoms with Crippen LogP contribution in [0.1, 0.15) is 53.7 Å². The van der Waals surface area contributed by atoms with E-state index >= 15 is 0 Å². The van der Waals surface area contributed by atoms with Crippen LogP contribution in [0.25, 0.3) is 10.9 Å². The Kier molecular flexibility index (Phi) is 7.49. The molecule has 0 saturated heterocycles. The number of hydrazine groups is 1. The van der Waals surface area contributed by atoms with E-state index in [1.165, 1.54) is 19.1 Å². The number of pyridine rings is 1. The number of benzene rings is 2. The zero-order chi connectivity index (χ0) is 23.1. The Bertz CT molecular complexity index is 1150. The number of ether oxygens (including phenoxy) is 1. The highest BCUT2D eigenvalue weighted by Gasteiger charge is 2.18. The minimum absolute atomic E-state index is 0.0888. The lowest BCUT2D eigenvalue weighted by molar-refractivity contribution is -0.119. The molecule has 0 aliphatic carbocycles. The maximum absolute atomic E-state index is 13.2. The van der Waals surface area contributed by atoms with Crippen LogP contribution in [0.15, 0.2) is 42.6 Å². The molecule has 0 aliphatic rings. The van der Waals surface area contributed by atoms with Gasteiger partial charge in [-0.15, -0.1) is 0 Å². The molecule has 32 heavy (non-hydrogen) atoms. The van der Waals surface area contributed by atoms with Gasteiger partial charge in [0.15, 0.2) is 12.0 Å². The van der Waals surface area contributed by atoms with Crippen LogP contribution in [0, 0.1) is 11.2 Å². The molecule has 0 saturated carbocycles. The van der Waals surface area contributed by atoms with Crippen molar-refractivity contribution < 1.29 is 18.7 Å². The average molecular weight is 436 g/mol. The van der Waals surface area contributed by atoms with Crippen molar-refractivity contribution in [3.8, 4) is 5.75 Å². The Morgan fingerprint density at radius 2 is 1.94 bits per heavy atom. The smallest absolute Gasteiger partial charge is 0.235 e. The van der Waals surface area contributed by atoms with Gasteiger partial charge < -0.3 is 4.74 Å². The first-order valence-electron chi connectivity index (χ1n) is 10.3. The first-order valence-corrected chi connectivity index (χ1v) is 10.3. The van der Waals surface area contributed by atoms with Gasteiger partial charge >= 0.3 is 0 Å². The fourth-order valence-electron chi connectivity index (χ4n) is 3.25. The summed E-state index contributed by atoms with van der Waals surface area (Å²) in [5.41, 5.74) is 7.80. The Balaban J connectivity index is 2.09. The van der Waals surface area contributed by atoms with Crippen molar-refractivity contribution in [2.45, 2.75) is 33.1 Å². The summed E-state index contributed by atoms with van der Waals surface area (Å²) in [6, 6.07) is 9.63. The molecule has 0 fully saturated rings. The van der Waals surface area contributed by atoms with Crippen molar-refractivity contribution in [2.24, 2.45) is 0 Å². The van der Waals surface area contributed by atoms with Crippen molar-refractivity contribution >= 4 is 28.9 Å². The normalized spacial score (nSPS) is 10.6. The maximum Gasteiger partial charge on any atom is 0.235 e. The largest absolute Gasteiger partial charge is 0.491 e. The number of amidine groups is 1. The van der Waals surface area contributed by atoms with E-state index in [2.05, 4.69) is 15.8 Å². The van der Waals surface area contributed by atoms with Gasteiger partial charge in [0.2, 0.25) is 5.91 Å². The molecule has 3 rings (SSSR count). The van der Waals surface area contributed by atoms with Crippen molar-refractivity contribution in [3.05, 3.63) is 70.7 Å². The van der Waals surface area contributed by atoms with Gasteiger partial charge in [-0.3, -0.25) is 30.8 Å². The molecule has 8 heteroatoms. The highest BCUT2D eigenvalue weighted by atomic mass is 19.1. The Hall–Kier alpha value is -3.81. The van der Waals surface area contributed by atoms with Crippen LogP contribution >= 0.6 is 0 Å². The van der Waals surface area contributed by atoms with Crippen LogP contribution in [0.2, 0.25) is 0 Å². The summed E-state index contributed by atoms with van der Waals surface area (Å²) in [5, 5.41) is 8.98. The number of hydrogen-bond donors (Lipinski definition) is 3. The maximum atomic E-state index is 13.2. The minimum atomic E-state index is -0.357. The van der Waals surface area contributed by atoms with Crippen molar-refractivity contribution in [1.82, 2.24) is 15.8 Å². The Morgan fingerprint density at radius 1 is 1.19 bits per heavy atom. The molecule has 3 aromatic rings. The number of carbonyl (C=O) groups is 2. The van der Waals surface area contributed by atoms with E-state index in [0.29, 0.717) is 41.5 Å². The van der Waals surface area contributed by atoms with Gasteiger partial charge in [0.1, 0.15) is 17.2 Å². The molecule has 1 amide bonds. The predicted molar refractivity (Wildman–Crippen MR) is 121 cm³/mol. The summed E-state index contributed by atoms with van der Waals surface area (Å²) in [4.78, 5) is 27.6. The highest BCUT2D eigenvalue weighted by molar-refractivity contribution is 6.11. The molecule has 1 aromatic heterocycles. The second-order valence-electron chi connectivity index (χ2n) is 7.39. The fourth-order valence-corrected chi connectivity index (χ4v) is 3.25. The first-order chi connectivity index (χ1) is 15.4. The lowest BCUT2D eigenvalue weighted by Gasteiger charge is -2.16. The lowest BCUT2D eigenvalue weighted by atomic mass is 9.99. The topological polar surface area (TPSA) is 104 Å². The molecule has 0 radical (unpaired) electrons. The van der Waals surface area contributed by atoms with Crippen LogP contribution in [0.5, 0.6) is 5.75 Å². The summed E-state index contributed by atoms with van der Waals surface area (Å²) in [7, 11) is 0. The van der Waals surface area contributed by atoms with Gasteiger partial charge in [0, 0.05) is 24.1 Å². The molecule has 2 aromatic carbocycles. The minimum Gasteiger partial charge on any atom is -0.491 e. The standard InChI is InChI=1S/C24H25FN4O3/c1-3-4-9-32-23-18(14-30)12-21(24(26)29-28-15(2)31)20-11-17(13-27-22(20)23)10-16-5-7-19(25)8-6-16/h5-8,11-14H,3-4,9-10H2,1-2H3,(H2,26,29)(H,28,31). The molecule has 3 N–H and O–H groups in total. The summed E-state index contributed by atoms with van der Waals surface area (Å²) >= 11 is 0. The summed E-state index contributed by atoms with van der Waals surface area (Å²) in [6.45, 7) is 3.80. The molecule has 7 nitrogen and oxygen atoms in total. The number of nitrogens with zero attached hydrogens (tertiary/aromatic N) is 1. The number of aldehydes is 1. The van der Waals surface area contributed by atoms with E-state index in [0.717, 1.165) is 24.0 Å². The zero-order valence-electron chi connectivity index (χ0n) is 18.0. The third-order valence-corrected chi connectivity index (χ3v) is 4.84. The molecule has 0 unspecified atom stereocenters. The van der Waals surface area contributed by atoms with E-state index in [1.54, 1.807) is 24.4 Å². The van der Waals surface area contributed by atoms with Crippen LogP contribution in [-0.2, 0) is 11.2 Å². The lowest BCUT2D eigenvalue weighted by Crippen LogP contribution is -2.40. The molecular weight excluding hydrogens is 411 g/mol. The monoisotopic (exact) mass is 436 g/mol. The number of halogens is 1. The number of unbranched alkanes of at least 4 members (excludes halogenated alkanes) is 1. The number of nitrogens with one attached hydrogen (secondary N) is 3. The summed E-state index contributed by atoms with van der Waals surface area (Å²) in [5.74, 6) is -0.383. The van der Waals surface area contributed by atoms with Crippen molar-refractivity contribution in [1.29, 1.82) is 5.41 Å². The van der Waals surface area contributed by atoms with E-state index in [-0.39, 0.29) is 23.1 Å². The van der Waals surface area contributed by atoms with Gasteiger partial charge in [-0.1, -0.05) is 25.5 Å². The highest BCUT2D eigenvalue weighted by Crippen LogP contribution is 2.32. The van der Waals surface area contributed by atoms with Gasteiger partial charge in [0.25, 0.3) is 0 Å². The third kappa shape index (κ3) is 5.46. The Morgan fingerprint density at radius 3 is 2.59 bits per heavy atom. The van der Waals surface area contributed by atoms with E-state index < -0.39 is 0 Å². The second-order valence-corrected chi connectivity index (χ2v) is 7.39. The van der Waals surface area contributed by atoms with Crippen LogP contribution < -0.4 is 15.6 Å². The van der Waals surface area contributed by atoms with Gasteiger partial charge in [0.05, 0.1) is 12.2 Å².